The van der Waals surface area contributed by atoms with Crippen molar-refractivity contribution in [2.24, 2.45) is 11.7 Å². The van der Waals surface area contributed by atoms with E-state index in [2.05, 4.69) is 0 Å². The van der Waals surface area contributed by atoms with Crippen LogP contribution in [0.4, 0.5) is 10.1 Å². The molecule has 0 spiro atoms. The molecule has 5 nitrogen and oxygen atoms in total. The number of likely N-dealkylation sites (N-methyl/N-ethyl adjacent to an activating group) is 1. The number of halogens is 2. The number of amides is 2. The van der Waals surface area contributed by atoms with Crippen LogP contribution in [0.25, 0.3) is 0 Å². The van der Waals surface area contributed by atoms with Gasteiger partial charge in [-0.1, -0.05) is 25.0 Å². The van der Waals surface area contributed by atoms with Crippen molar-refractivity contribution in [3.63, 3.8) is 0 Å². The number of hydrogen-bond donors (Lipinski definition) is 1. The molecular formula is C19H27ClFN3O2. The number of rotatable bonds is 3. The molecule has 3 atom stereocenters. The van der Waals surface area contributed by atoms with Crippen molar-refractivity contribution >= 4 is 29.9 Å². The first kappa shape index (κ1) is 20.6. The molecular weight excluding hydrogens is 357 g/mol. The van der Waals surface area contributed by atoms with Gasteiger partial charge >= 0.3 is 0 Å². The Morgan fingerprint density at radius 1 is 1.31 bits per heavy atom. The molecule has 0 bridgehead atoms. The molecule has 1 aliphatic heterocycles. The van der Waals surface area contributed by atoms with Crippen LogP contribution in [-0.2, 0) is 9.59 Å². The SMILES string of the molecule is CN(C(=O)C1CCCCC1(C)N)C1CCN(c2ccccc2F)C1=O.Cl. The Morgan fingerprint density at radius 3 is 2.65 bits per heavy atom. The summed E-state index contributed by atoms with van der Waals surface area (Å²) in [6.07, 6.45) is 4.09. The standard InChI is InChI=1S/C19H26FN3O2.ClH/c1-19(21)11-6-5-7-13(19)17(24)22(2)16-10-12-23(18(16)25)15-9-4-3-8-14(15)20;/h3-4,8-9,13,16H,5-7,10-12,21H2,1-2H3;1H. The van der Waals surface area contributed by atoms with Crippen molar-refractivity contribution in [2.75, 3.05) is 18.5 Å². The predicted molar refractivity (Wildman–Crippen MR) is 102 cm³/mol. The van der Waals surface area contributed by atoms with Crippen LogP contribution >= 0.6 is 12.4 Å². The second-order valence-electron chi connectivity index (χ2n) is 7.50. The normalized spacial score (nSPS) is 28.6. The van der Waals surface area contributed by atoms with Gasteiger partial charge in [-0.25, -0.2) is 4.39 Å². The van der Waals surface area contributed by atoms with Crippen LogP contribution in [0.1, 0.15) is 39.0 Å². The van der Waals surface area contributed by atoms with E-state index in [9.17, 15) is 14.0 Å². The number of benzene rings is 1. The highest BCUT2D eigenvalue weighted by Gasteiger charge is 2.44. The maximum Gasteiger partial charge on any atom is 0.249 e. The summed E-state index contributed by atoms with van der Waals surface area (Å²) in [5, 5.41) is 0. The fourth-order valence-corrected chi connectivity index (χ4v) is 4.10. The molecule has 26 heavy (non-hydrogen) atoms. The second kappa shape index (κ2) is 7.92. The van der Waals surface area contributed by atoms with Crippen LogP contribution in [-0.4, -0.2) is 41.9 Å². The van der Waals surface area contributed by atoms with E-state index in [1.54, 1.807) is 25.2 Å². The second-order valence-corrected chi connectivity index (χ2v) is 7.50. The highest BCUT2D eigenvalue weighted by molar-refractivity contribution is 6.01. The first-order chi connectivity index (χ1) is 11.8. The number of carbonyl (C=O) groups is 2. The maximum absolute atomic E-state index is 14.0. The Bertz CT molecular complexity index is 683. The van der Waals surface area contributed by atoms with Crippen LogP contribution < -0.4 is 10.6 Å². The van der Waals surface area contributed by atoms with Gasteiger partial charge in [-0.2, -0.15) is 0 Å². The topological polar surface area (TPSA) is 66.6 Å². The highest BCUT2D eigenvalue weighted by Crippen LogP contribution is 2.34. The Balaban J connectivity index is 0.00000243. The van der Waals surface area contributed by atoms with Gasteiger partial charge in [0.15, 0.2) is 0 Å². The third-order valence-electron chi connectivity index (χ3n) is 5.69. The van der Waals surface area contributed by atoms with Gasteiger partial charge in [0.1, 0.15) is 11.9 Å². The smallest absolute Gasteiger partial charge is 0.249 e. The van der Waals surface area contributed by atoms with E-state index in [4.69, 9.17) is 5.73 Å². The molecule has 1 heterocycles. The molecule has 0 aromatic heterocycles. The van der Waals surface area contributed by atoms with Gasteiger partial charge in [0.25, 0.3) is 0 Å². The molecule has 7 heteroatoms. The molecule has 0 radical (unpaired) electrons. The molecule has 3 unspecified atom stereocenters. The minimum Gasteiger partial charge on any atom is -0.333 e. The first-order valence-corrected chi connectivity index (χ1v) is 8.94. The lowest BCUT2D eigenvalue weighted by Gasteiger charge is -2.40. The number of anilines is 1. The summed E-state index contributed by atoms with van der Waals surface area (Å²) in [6, 6.07) is 5.68. The van der Waals surface area contributed by atoms with Gasteiger partial charge in [-0.05, 0) is 38.3 Å². The fourth-order valence-electron chi connectivity index (χ4n) is 4.10. The lowest BCUT2D eigenvalue weighted by Crippen LogP contribution is -2.55. The van der Waals surface area contributed by atoms with Crippen molar-refractivity contribution in [1.82, 2.24) is 4.90 Å². The Labute approximate surface area is 160 Å². The maximum atomic E-state index is 14.0. The molecule has 3 rings (SSSR count). The van der Waals surface area contributed by atoms with Crippen molar-refractivity contribution in [3.8, 4) is 0 Å². The van der Waals surface area contributed by atoms with Gasteiger partial charge in [0.05, 0.1) is 11.6 Å². The summed E-state index contributed by atoms with van der Waals surface area (Å²) < 4.78 is 14.0. The summed E-state index contributed by atoms with van der Waals surface area (Å²) in [5.74, 6) is -0.984. The summed E-state index contributed by atoms with van der Waals surface area (Å²) in [4.78, 5) is 28.7. The first-order valence-electron chi connectivity index (χ1n) is 8.94. The summed E-state index contributed by atoms with van der Waals surface area (Å²) in [7, 11) is 1.67. The summed E-state index contributed by atoms with van der Waals surface area (Å²) in [6.45, 7) is 2.33. The monoisotopic (exact) mass is 383 g/mol. The fraction of sp³-hybridized carbons (Fsp3) is 0.579. The van der Waals surface area contributed by atoms with Gasteiger partial charge in [0, 0.05) is 19.1 Å². The Hall–Kier alpha value is -1.66. The van der Waals surface area contributed by atoms with Gasteiger partial charge in [-0.3, -0.25) is 9.59 Å². The number of carbonyl (C=O) groups excluding carboxylic acids is 2. The molecule has 1 aliphatic carbocycles. The van der Waals surface area contributed by atoms with Crippen molar-refractivity contribution in [3.05, 3.63) is 30.1 Å². The lowest BCUT2D eigenvalue weighted by molar-refractivity contribution is -0.143. The van der Waals surface area contributed by atoms with E-state index in [0.717, 1.165) is 25.7 Å². The Morgan fingerprint density at radius 2 is 2.00 bits per heavy atom. The van der Waals surface area contributed by atoms with E-state index in [0.29, 0.717) is 13.0 Å². The lowest BCUT2D eigenvalue weighted by atomic mass is 9.74. The highest BCUT2D eigenvalue weighted by atomic mass is 35.5. The zero-order valence-corrected chi connectivity index (χ0v) is 16.1. The molecule has 2 aliphatic rings. The van der Waals surface area contributed by atoms with Crippen molar-refractivity contribution < 1.29 is 14.0 Å². The van der Waals surface area contributed by atoms with Crippen LogP contribution in [0, 0.1) is 11.7 Å². The predicted octanol–water partition coefficient (Wildman–Crippen LogP) is 2.72. The third kappa shape index (κ3) is 3.71. The molecule has 1 aromatic rings. The minimum atomic E-state index is -0.551. The van der Waals surface area contributed by atoms with Gasteiger partial charge < -0.3 is 15.5 Å². The molecule has 1 saturated carbocycles. The number of nitrogens with zero attached hydrogens (tertiary/aromatic N) is 2. The molecule has 2 N–H and O–H groups in total. The van der Waals surface area contributed by atoms with Crippen LogP contribution in [0.2, 0.25) is 0 Å². The summed E-state index contributed by atoms with van der Waals surface area (Å²) >= 11 is 0. The number of hydrogen-bond acceptors (Lipinski definition) is 3. The average Bonchev–Trinajstić information content (AvgIpc) is 2.95. The molecule has 1 saturated heterocycles. The van der Waals surface area contributed by atoms with E-state index in [1.807, 2.05) is 6.92 Å². The zero-order chi connectivity index (χ0) is 18.2. The largest absolute Gasteiger partial charge is 0.333 e. The van der Waals surface area contributed by atoms with E-state index in [1.165, 1.54) is 15.9 Å². The van der Waals surface area contributed by atoms with Crippen molar-refractivity contribution in [2.45, 2.75) is 50.6 Å². The quantitative estimate of drug-likeness (QED) is 0.872. The molecule has 1 aromatic carbocycles. The van der Waals surface area contributed by atoms with E-state index < -0.39 is 17.4 Å². The number of para-hydroxylation sites is 1. The molecule has 2 amide bonds. The molecule has 2 fully saturated rings. The van der Waals surface area contributed by atoms with Gasteiger partial charge in [0.2, 0.25) is 11.8 Å². The number of nitrogens with two attached hydrogens (primary N) is 1. The van der Waals surface area contributed by atoms with Crippen molar-refractivity contribution in [1.29, 1.82) is 0 Å². The zero-order valence-electron chi connectivity index (χ0n) is 15.3. The van der Waals surface area contributed by atoms with Gasteiger partial charge in [-0.15, -0.1) is 12.4 Å². The Kier molecular flexibility index (Phi) is 6.29. The average molecular weight is 384 g/mol. The van der Waals surface area contributed by atoms with Crippen LogP contribution in [0.3, 0.4) is 0 Å². The third-order valence-corrected chi connectivity index (χ3v) is 5.69. The minimum absolute atomic E-state index is 0. The van der Waals surface area contributed by atoms with Crippen LogP contribution in [0.5, 0.6) is 0 Å². The summed E-state index contributed by atoms with van der Waals surface area (Å²) in [5.41, 5.74) is 6.08. The molecule has 144 valence electrons. The van der Waals surface area contributed by atoms with Crippen LogP contribution in [0.15, 0.2) is 24.3 Å². The van der Waals surface area contributed by atoms with E-state index in [-0.39, 0.29) is 35.8 Å². The van der Waals surface area contributed by atoms with E-state index >= 15 is 0 Å².